The quantitative estimate of drug-likeness (QED) is 0.915. The molecule has 0 unspecified atom stereocenters. The van der Waals surface area contributed by atoms with Crippen molar-refractivity contribution in [2.45, 2.75) is 39.7 Å². The van der Waals surface area contributed by atoms with Crippen molar-refractivity contribution in [1.29, 1.82) is 5.26 Å². The molecule has 1 N–H and O–H groups in total. The van der Waals surface area contributed by atoms with E-state index in [0.717, 1.165) is 29.8 Å². The van der Waals surface area contributed by atoms with Crippen LogP contribution >= 0.6 is 0 Å². The first-order chi connectivity index (χ1) is 10.5. The molecule has 1 aromatic heterocycles. The Morgan fingerprint density at radius 3 is 2.50 bits per heavy atom. The topological polar surface area (TPSA) is 65.9 Å². The molecule has 0 amide bonds. The number of nitrogens with zero attached hydrogens (tertiary/aromatic N) is 1. The molecule has 0 aliphatic rings. The van der Waals surface area contributed by atoms with Gasteiger partial charge in [0.15, 0.2) is 0 Å². The van der Waals surface area contributed by atoms with Crippen molar-refractivity contribution in [2.24, 2.45) is 0 Å². The highest BCUT2D eigenvalue weighted by molar-refractivity contribution is 5.70. The van der Waals surface area contributed by atoms with Crippen molar-refractivity contribution in [2.75, 3.05) is 0 Å². The normalized spacial score (nSPS) is 10.5. The molecule has 4 heteroatoms. The summed E-state index contributed by atoms with van der Waals surface area (Å²) in [5.41, 5.74) is 2.19. The molecule has 0 spiro atoms. The van der Waals surface area contributed by atoms with Gasteiger partial charge in [-0.3, -0.25) is 4.79 Å². The minimum atomic E-state index is -0.328. The lowest BCUT2D eigenvalue weighted by molar-refractivity contribution is 0.242. The molecular weight excluding hydrogens is 276 g/mol. The Bertz CT molecular complexity index is 737. The molecule has 0 radical (unpaired) electrons. The zero-order valence-corrected chi connectivity index (χ0v) is 13.1. The molecule has 0 bridgehead atoms. The van der Waals surface area contributed by atoms with Gasteiger partial charge in [0, 0.05) is 11.3 Å². The van der Waals surface area contributed by atoms with Crippen LogP contribution in [0.25, 0.3) is 11.1 Å². The van der Waals surface area contributed by atoms with Crippen LogP contribution in [-0.2, 0) is 6.42 Å². The minimum absolute atomic E-state index is 0.108. The summed E-state index contributed by atoms with van der Waals surface area (Å²) in [6.07, 6.45) is 1.82. The molecule has 0 fully saturated rings. The third-order valence-electron chi connectivity index (χ3n) is 3.26. The van der Waals surface area contributed by atoms with Gasteiger partial charge >= 0.3 is 0 Å². The Hall–Kier alpha value is -2.54. The number of pyridine rings is 1. The first kappa shape index (κ1) is 15.8. The summed E-state index contributed by atoms with van der Waals surface area (Å²) in [5.74, 6) is 0.774. The van der Waals surface area contributed by atoms with E-state index in [9.17, 15) is 10.1 Å². The highest BCUT2D eigenvalue weighted by Crippen LogP contribution is 2.25. The van der Waals surface area contributed by atoms with Crippen LogP contribution in [0.1, 0.15) is 38.4 Å². The van der Waals surface area contributed by atoms with E-state index < -0.39 is 0 Å². The Balaban J connectivity index is 2.46. The van der Waals surface area contributed by atoms with E-state index in [2.05, 4.69) is 4.98 Å². The van der Waals surface area contributed by atoms with Crippen molar-refractivity contribution < 1.29 is 4.74 Å². The Kier molecular flexibility index (Phi) is 5.00. The van der Waals surface area contributed by atoms with Crippen LogP contribution in [0.2, 0.25) is 0 Å². The summed E-state index contributed by atoms with van der Waals surface area (Å²) in [6.45, 7) is 5.99. The SMILES string of the molecule is CCCc1cc(-c2ccc(OC(C)C)cc2)c(C#N)c(=O)[nH]1. The van der Waals surface area contributed by atoms with E-state index in [0.29, 0.717) is 5.56 Å². The van der Waals surface area contributed by atoms with Crippen LogP contribution in [-0.4, -0.2) is 11.1 Å². The number of H-pyrrole nitrogens is 1. The predicted octanol–water partition coefficient (Wildman–Crippen LogP) is 3.65. The number of hydrogen-bond acceptors (Lipinski definition) is 3. The van der Waals surface area contributed by atoms with Gasteiger partial charge in [-0.1, -0.05) is 25.5 Å². The molecule has 1 aromatic carbocycles. The number of aromatic nitrogens is 1. The zero-order chi connectivity index (χ0) is 16.1. The number of ether oxygens (including phenoxy) is 1. The number of benzene rings is 1. The second-order valence-electron chi connectivity index (χ2n) is 5.47. The summed E-state index contributed by atoms with van der Waals surface area (Å²) < 4.78 is 5.61. The average Bonchev–Trinajstić information content (AvgIpc) is 2.47. The molecule has 0 saturated heterocycles. The van der Waals surface area contributed by atoms with Gasteiger partial charge in [-0.15, -0.1) is 0 Å². The number of hydrogen-bond donors (Lipinski definition) is 1. The number of nitriles is 1. The molecule has 0 atom stereocenters. The second-order valence-corrected chi connectivity index (χ2v) is 5.47. The van der Waals surface area contributed by atoms with Crippen LogP contribution < -0.4 is 10.3 Å². The van der Waals surface area contributed by atoms with Gasteiger partial charge in [0.1, 0.15) is 17.4 Å². The number of aryl methyl sites for hydroxylation is 1. The van der Waals surface area contributed by atoms with Crippen LogP contribution in [0.3, 0.4) is 0 Å². The monoisotopic (exact) mass is 296 g/mol. The van der Waals surface area contributed by atoms with E-state index in [1.807, 2.05) is 57.2 Å². The molecule has 4 nitrogen and oxygen atoms in total. The van der Waals surface area contributed by atoms with E-state index in [-0.39, 0.29) is 17.2 Å². The Labute approximate surface area is 130 Å². The van der Waals surface area contributed by atoms with Crippen LogP contribution in [0.5, 0.6) is 5.75 Å². The lowest BCUT2D eigenvalue weighted by atomic mass is 10.00. The minimum Gasteiger partial charge on any atom is -0.491 e. The smallest absolute Gasteiger partial charge is 0.266 e. The van der Waals surface area contributed by atoms with Crippen molar-refractivity contribution in [3.8, 4) is 22.9 Å². The number of nitrogens with one attached hydrogen (secondary N) is 1. The fourth-order valence-electron chi connectivity index (χ4n) is 2.34. The first-order valence-electron chi connectivity index (χ1n) is 7.48. The molecular formula is C18H20N2O2. The van der Waals surface area contributed by atoms with Gasteiger partial charge < -0.3 is 9.72 Å². The molecule has 114 valence electrons. The van der Waals surface area contributed by atoms with Gasteiger partial charge in [-0.2, -0.15) is 5.26 Å². The van der Waals surface area contributed by atoms with E-state index in [4.69, 9.17) is 4.74 Å². The molecule has 0 aliphatic heterocycles. The van der Waals surface area contributed by atoms with Crippen molar-refractivity contribution in [3.05, 3.63) is 51.9 Å². The molecule has 0 saturated carbocycles. The van der Waals surface area contributed by atoms with Crippen LogP contribution in [0, 0.1) is 11.3 Å². The highest BCUT2D eigenvalue weighted by atomic mass is 16.5. The lowest BCUT2D eigenvalue weighted by Crippen LogP contribution is -2.14. The van der Waals surface area contributed by atoms with Gasteiger partial charge in [0.2, 0.25) is 0 Å². The van der Waals surface area contributed by atoms with Crippen molar-refractivity contribution >= 4 is 0 Å². The van der Waals surface area contributed by atoms with Gasteiger partial charge in [-0.05, 0) is 44.0 Å². The standard InChI is InChI=1S/C18H20N2O2/c1-4-5-14-10-16(17(11-19)18(21)20-14)13-6-8-15(9-7-13)22-12(2)3/h6-10,12H,4-5H2,1-3H3,(H,20,21). The lowest BCUT2D eigenvalue weighted by Gasteiger charge is -2.11. The van der Waals surface area contributed by atoms with Crippen LogP contribution in [0.15, 0.2) is 35.1 Å². The summed E-state index contributed by atoms with van der Waals surface area (Å²) in [7, 11) is 0. The van der Waals surface area contributed by atoms with E-state index in [1.54, 1.807) is 0 Å². The third kappa shape index (κ3) is 3.56. The zero-order valence-electron chi connectivity index (χ0n) is 13.1. The summed E-state index contributed by atoms with van der Waals surface area (Å²) in [4.78, 5) is 14.8. The van der Waals surface area contributed by atoms with Gasteiger partial charge in [0.05, 0.1) is 6.10 Å². The molecule has 22 heavy (non-hydrogen) atoms. The molecule has 2 rings (SSSR count). The number of rotatable bonds is 5. The van der Waals surface area contributed by atoms with Gasteiger partial charge in [-0.25, -0.2) is 0 Å². The maximum Gasteiger partial charge on any atom is 0.266 e. The highest BCUT2D eigenvalue weighted by Gasteiger charge is 2.11. The first-order valence-corrected chi connectivity index (χ1v) is 7.48. The molecule has 1 heterocycles. The van der Waals surface area contributed by atoms with E-state index >= 15 is 0 Å². The maximum absolute atomic E-state index is 12.0. The van der Waals surface area contributed by atoms with E-state index in [1.165, 1.54) is 0 Å². The number of aromatic amines is 1. The Morgan fingerprint density at radius 2 is 1.95 bits per heavy atom. The fourth-order valence-corrected chi connectivity index (χ4v) is 2.34. The summed E-state index contributed by atoms with van der Waals surface area (Å²) in [5, 5.41) is 9.26. The molecule has 0 aliphatic carbocycles. The van der Waals surface area contributed by atoms with Crippen molar-refractivity contribution in [1.82, 2.24) is 4.98 Å². The molecule has 2 aromatic rings. The largest absolute Gasteiger partial charge is 0.491 e. The fraction of sp³-hybridized carbons (Fsp3) is 0.333. The van der Waals surface area contributed by atoms with Crippen LogP contribution in [0.4, 0.5) is 0 Å². The summed E-state index contributed by atoms with van der Waals surface area (Å²) in [6, 6.07) is 11.4. The predicted molar refractivity (Wildman–Crippen MR) is 87.0 cm³/mol. The van der Waals surface area contributed by atoms with Gasteiger partial charge in [0.25, 0.3) is 5.56 Å². The average molecular weight is 296 g/mol. The third-order valence-corrected chi connectivity index (χ3v) is 3.26. The maximum atomic E-state index is 12.0. The Morgan fingerprint density at radius 1 is 1.27 bits per heavy atom. The second kappa shape index (κ2) is 6.95. The summed E-state index contributed by atoms with van der Waals surface area (Å²) >= 11 is 0. The van der Waals surface area contributed by atoms with Crippen molar-refractivity contribution in [3.63, 3.8) is 0 Å².